The average molecular weight is 98.1 g/mol. The lowest BCUT2D eigenvalue weighted by Gasteiger charge is -1.95. The Hall–Kier alpha value is -0.790. The molecule has 0 amide bonds. The van der Waals surface area contributed by atoms with Crippen molar-refractivity contribution in [3.05, 3.63) is 12.3 Å². The molecule has 0 saturated carbocycles. The van der Waals surface area contributed by atoms with Crippen LogP contribution in [0.4, 0.5) is 0 Å². The van der Waals surface area contributed by atoms with E-state index in [0.29, 0.717) is 0 Å². The Bertz CT molecular complexity index is 115. The molecule has 38 valence electrons. The maximum atomic E-state index is 10.4. The molecule has 0 aromatic heterocycles. The third-order valence-electron chi connectivity index (χ3n) is 0.916. The maximum absolute atomic E-state index is 10.4. The summed E-state index contributed by atoms with van der Waals surface area (Å²) in [6.45, 7) is 1.72. The van der Waals surface area contributed by atoms with Crippen LogP contribution in [0, 0.1) is 0 Å². The van der Waals surface area contributed by atoms with Gasteiger partial charge in [0, 0.05) is 6.08 Å². The zero-order valence-electron chi connectivity index (χ0n) is 4.05. The van der Waals surface area contributed by atoms with E-state index >= 15 is 0 Å². The zero-order valence-corrected chi connectivity index (χ0v) is 4.05. The molecule has 1 atom stereocenters. The molecule has 1 aliphatic heterocycles. The summed E-state index contributed by atoms with van der Waals surface area (Å²) in [4.78, 5) is 10.4. The molecule has 2 nitrogen and oxygen atoms in total. The highest BCUT2D eigenvalue weighted by Crippen LogP contribution is 2.01. The molecule has 0 aromatic carbocycles. The van der Waals surface area contributed by atoms with Gasteiger partial charge in [0.2, 0.25) is 0 Å². The fourth-order valence-corrected chi connectivity index (χ4v) is 0.427. The summed E-state index contributed by atoms with van der Waals surface area (Å²) in [6, 6.07) is 0. The maximum Gasteiger partial charge on any atom is 0.198 e. The number of ketones is 1. The van der Waals surface area contributed by atoms with Crippen molar-refractivity contribution in [2.45, 2.75) is 13.0 Å². The lowest BCUT2D eigenvalue weighted by molar-refractivity contribution is -0.119. The molecule has 1 rings (SSSR count). The van der Waals surface area contributed by atoms with Gasteiger partial charge in [0.05, 0.1) is 6.26 Å². The summed E-state index contributed by atoms with van der Waals surface area (Å²) in [5.74, 6) is 0.0556. The number of rotatable bonds is 0. The van der Waals surface area contributed by atoms with E-state index in [4.69, 9.17) is 4.74 Å². The molecular formula is C5H6O2. The highest BCUT2D eigenvalue weighted by atomic mass is 16.5. The number of ether oxygens (including phenoxy) is 1. The Morgan fingerprint density at radius 3 is 2.71 bits per heavy atom. The second-order valence-corrected chi connectivity index (χ2v) is 1.48. The van der Waals surface area contributed by atoms with Crippen LogP contribution in [0.2, 0.25) is 0 Å². The van der Waals surface area contributed by atoms with E-state index in [2.05, 4.69) is 0 Å². The van der Waals surface area contributed by atoms with Crippen LogP contribution in [0.15, 0.2) is 12.3 Å². The molecule has 7 heavy (non-hydrogen) atoms. The zero-order chi connectivity index (χ0) is 5.28. The van der Waals surface area contributed by atoms with Gasteiger partial charge in [-0.15, -0.1) is 0 Å². The molecule has 1 unspecified atom stereocenters. The second-order valence-electron chi connectivity index (χ2n) is 1.48. The van der Waals surface area contributed by atoms with Crippen molar-refractivity contribution in [3.63, 3.8) is 0 Å². The quantitative estimate of drug-likeness (QED) is 0.440. The van der Waals surface area contributed by atoms with E-state index in [0.717, 1.165) is 0 Å². The minimum Gasteiger partial charge on any atom is -0.490 e. The summed E-state index contributed by atoms with van der Waals surface area (Å²) in [5, 5.41) is 0. The Labute approximate surface area is 41.8 Å². The molecule has 0 saturated heterocycles. The van der Waals surface area contributed by atoms with E-state index in [1.165, 1.54) is 12.3 Å². The summed E-state index contributed by atoms with van der Waals surface area (Å²) in [7, 11) is 0. The molecule has 0 spiro atoms. The number of hydrogen-bond acceptors (Lipinski definition) is 2. The highest BCUT2D eigenvalue weighted by molar-refractivity contribution is 5.94. The smallest absolute Gasteiger partial charge is 0.198 e. The van der Waals surface area contributed by atoms with Gasteiger partial charge in [0.1, 0.15) is 0 Å². The van der Waals surface area contributed by atoms with Crippen molar-refractivity contribution in [3.8, 4) is 0 Å². The van der Waals surface area contributed by atoms with E-state index in [1.807, 2.05) is 0 Å². The predicted octanol–water partition coefficient (Wildman–Crippen LogP) is 0.488. The summed E-state index contributed by atoms with van der Waals surface area (Å²) >= 11 is 0. The van der Waals surface area contributed by atoms with Gasteiger partial charge in [0.15, 0.2) is 11.9 Å². The van der Waals surface area contributed by atoms with Crippen LogP contribution in [0.3, 0.4) is 0 Å². The normalized spacial score (nSPS) is 28.1. The SMILES string of the molecule is CC1OC=CC1=O. The second kappa shape index (κ2) is 1.37. The number of hydrogen-bond donors (Lipinski definition) is 0. The van der Waals surface area contributed by atoms with E-state index in [9.17, 15) is 4.79 Å². The van der Waals surface area contributed by atoms with Crippen LogP contribution in [-0.4, -0.2) is 11.9 Å². The van der Waals surface area contributed by atoms with Crippen molar-refractivity contribution in [1.82, 2.24) is 0 Å². The first kappa shape index (κ1) is 4.37. The average Bonchev–Trinajstić information content (AvgIpc) is 1.91. The lowest BCUT2D eigenvalue weighted by Crippen LogP contribution is -2.09. The van der Waals surface area contributed by atoms with Crippen LogP contribution in [0.1, 0.15) is 6.92 Å². The van der Waals surface area contributed by atoms with Gasteiger partial charge in [-0.3, -0.25) is 4.79 Å². The van der Waals surface area contributed by atoms with Crippen molar-refractivity contribution < 1.29 is 9.53 Å². The van der Waals surface area contributed by atoms with Crippen LogP contribution >= 0.6 is 0 Å². The fraction of sp³-hybridized carbons (Fsp3) is 0.400. The van der Waals surface area contributed by atoms with E-state index in [1.54, 1.807) is 6.92 Å². The van der Waals surface area contributed by atoms with Gasteiger partial charge in [-0.05, 0) is 6.92 Å². The van der Waals surface area contributed by atoms with E-state index in [-0.39, 0.29) is 11.9 Å². The Balaban J connectivity index is 2.62. The molecule has 1 aliphatic rings. The van der Waals surface area contributed by atoms with Crippen molar-refractivity contribution in [2.24, 2.45) is 0 Å². The number of carbonyl (C=O) groups is 1. The molecular weight excluding hydrogens is 92.1 g/mol. The molecule has 0 radical (unpaired) electrons. The van der Waals surface area contributed by atoms with Gasteiger partial charge >= 0.3 is 0 Å². The molecule has 0 aliphatic carbocycles. The van der Waals surface area contributed by atoms with Crippen molar-refractivity contribution in [2.75, 3.05) is 0 Å². The van der Waals surface area contributed by atoms with Gasteiger partial charge in [-0.25, -0.2) is 0 Å². The monoisotopic (exact) mass is 98.0 g/mol. The molecule has 0 bridgehead atoms. The summed E-state index contributed by atoms with van der Waals surface area (Å²) in [6.07, 6.45) is 2.62. The lowest BCUT2D eigenvalue weighted by atomic mass is 10.3. The fourth-order valence-electron chi connectivity index (χ4n) is 0.427. The van der Waals surface area contributed by atoms with Crippen LogP contribution in [0.25, 0.3) is 0 Å². The third kappa shape index (κ3) is 0.633. The van der Waals surface area contributed by atoms with Crippen LogP contribution in [0.5, 0.6) is 0 Å². The first-order chi connectivity index (χ1) is 3.30. The topological polar surface area (TPSA) is 26.3 Å². The first-order valence-electron chi connectivity index (χ1n) is 2.16. The third-order valence-corrected chi connectivity index (χ3v) is 0.916. The Kier molecular flexibility index (Phi) is 0.855. The molecule has 2 heteroatoms. The van der Waals surface area contributed by atoms with Gasteiger partial charge in [0.25, 0.3) is 0 Å². The van der Waals surface area contributed by atoms with Crippen molar-refractivity contribution >= 4 is 5.78 Å². The standard InChI is InChI=1S/C5H6O2/c1-4-5(6)2-3-7-4/h2-4H,1H3. The highest BCUT2D eigenvalue weighted by Gasteiger charge is 2.13. The van der Waals surface area contributed by atoms with Crippen LogP contribution < -0.4 is 0 Å². The molecule has 0 aromatic rings. The minimum atomic E-state index is -0.236. The molecule has 0 N–H and O–H groups in total. The van der Waals surface area contributed by atoms with Gasteiger partial charge in [-0.2, -0.15) is 0 Å². The van der Waals surface area contributed by atoms with Gasteiger partial charge in [-0.1, -0.05) is 0 Å². The number of carbonyl (C=O) groups excluding carboxylic acids is 1. The Morgan fingerprint density at radius 2 is 2.57 bits per heavy atom. The minimum absolute atomic E-state index is 0.0556. The van der Waals surface area contributed by atoms with E-state index < -0.39 is 0 Å². The molecule has 1 heterocycles. The van der Waals surface area contributed by atoms with Gasteiger partial charge < -0.3 is 4.74 Å². The largest absolute Gasteiger partial charge is 0.490 e. The van der Waals surface area contributed by atoms with Crippen molar-refractivity contribution in [1.29, 1.82) is 0 Å². The predicted molar refractivity (Wildman–Crippen MR) is 24.7 cm³/mol. The van der Waals surface area contributed by atoms with Crippen LogP contribution in [-0.2, 0) is 9.53 Å². The summed E-state index contributed by atoms with van der Waals surface area (Å²) < 4.78 is 4.73. The first-order valence-corrected chi connectivity index (χ1v) is 2.16. The molecule has 0 fully saturated rings. The Morgan fingerprint density at radius 1 is 1.86 bits per heavy atom. The summed E-state index contributed by atoms with van der Waals surface area (Å²) in [5.41, 5.74) is 0.